The van der Waals surface area contributed by atoms with Crippen molar-refractivity contribution in [2.24, 2.45) is 5.92 Å². The van der Waals surface area contributed by atoms with Gasteiger partial charge in [-0.3, -0.25) is 4.79 Å². The first-order chi connectivity index (χ1) is 12.4. The second-order valence-corrected chi connectivity index (χ2v) is 8.23. The lowest BCUT2D eigenvalue weighted by Gasteiger charge is -2.28. The molecule has 0 radical (unpaired) electrons. The first kappa shape index (κ1) is 20.7. The SMILES string of the molecule is CC[C@H](C)N(Cc1csc(COc2cccc(Cl)c2)n1)C(=O)CC(C)C. The molecule has 0 aliphatic rings. The quantitative estimate of drug-likeness (QED) is 0.560. The molecule has 0 unspecified atom stereocenters. The monoisotopic (exact) mass is 394 g/mol. The van der Waals surface area contributed by atoms with E-state index in [-0.39, 0.29) is 11.9 Å². The lowest BCUT2D eigenvalue weighted by atomic mass is 10.1. The van der Waals surface area contributed by atoms with E-state index in [2.05, 4.69) is 32.7 Å². The van der Waals surface area contributed by atoms with Gasteiger partial charge in [0.2, 0.25) is 5.91 Å². The molecule has 1 heterocycles. The van der Waals surface area contributed by atoms with Crippen molar-refractivity contribution in [3.05, 3.63) is 45.4 Å². The molecule has 0 bridgehead atoms. The Morgan fingerprint density at radius 1 is 1.35 bits per heavy atom. The predicted octanol–water partition coefficient (Wildman–Crippen LogP) is 5.55. The van der Waals surface area contributed by atoms with Gasteiger partial charge in [0.15, 0.2) is 0 Å². The number of aromatic nitrogens is 1. The van der Waals surface area contributed by atoms with Crippen molar-refractivity contribution in [2.45, 2.75) is 59.7 Å². The number of nitrogens with zero attached hydrogens (tertiary/aromatic N) is 2. The van der Waals surface area contributed by atoms with Crippen LogP contribution in [0.3, 0.4) is 0 Å². The Balaban J connectivity index is 1.99. The summed E-state index contributed by atoms with van der Waals surface area (Å²) in [4.78, 5) is 19.1. The summed E-state index contributed by atoms with van der Waals surface area (Å²) in [5.41, 5.74) is 0.914. The van der Waals surface area contributed by atoms with E-state index in [0.29, 0.717) is 30.5 Å². The van der Waals surface area contributed by atoms with Gasteiger partial charge >= 0.3 is 0 Å². The molecule has 0 spiro atoms. The van der Waals surface area contributed by atoms with Crippen LogP contribution >= 0.6 is 22.9 Å². The molecule has 4 nitrogen and oxygen atoms in total. The zero-order chi connectivity index (χ0) is 19.1. The zero-order valence-corrected chi connectivity index (χ0v) is 17.4. The van der Waals surface area contributed by atoms with Gasteiger partial charge in [-0.15, -0.1) is 11.3 Å². The maximum atomic E-state index is 12.6. The summed E-state index contributed by atoms with van der Waals surface area (Å²) in [6, 6.07) is 7.53. The van der Waals surface area contributed by atoms with Crippen LogP contribution < -0.4 is 4.74 Å². The van der Waals surface area contributed by atoms with Gasteiger partial charge in [-0.1, -0.05) is 38.4 Å². The summed E-state index contributed by atoms with van der Waals surface area (Å²) in [7, 11) is 0. The molecule has 1 aromatic heterocycles. The van der Waals surface area contributed by atoms with E-state index in [1.54, 1.807) is 17.4 Å². The van der Waals surface area contributed by atoms with Gasteiger partial charge in [0.1, 0.15) is 17.4 Å². The Morgan fingerprint density at radius 3 is 2.77 bits per heavy atom. The van der Waals surface area contributed by atoms with Gasteiger partial charge in [-0.05, 0) is 37.5 Å². The molecule has 0 saturated heterocycles. The molecule has 1 aromatic carbocycles. The van der Waals surface area contributed by atoms with Gasteiger partial charge < -0.3 is 9.64 Å². The molecule has 1 amide bonds. The molecule has 1 atom stereocenters. The number of hydrogen-bond donors (Lipinski definition) is 0. The van der Waals surface area contributed by atoms with E-state index >= 15 is 0 Å². The predicted molar refractivity (Wildman–Crippen MR) is 108 cm³/mol. The van der Waals surface area contributed by atoms with Gasteiger partial charge in [0, 0.05) is 22.9 Å². The van der Waals surface area contributed by atoms with E-state index in [4.69, 9.17) is 16.3 Å². The number of rotatable bonds is 9. The normalized spacial score (nSPS) is 12.2. The third-order valence-corrected chi connectivity index (χ3v) is 5.22. The minimum absolute atomic E-state index is 0.194. The van der Waals surface area contributed by atoms with Crippen molar-refractivity contribution in [1.82, 2.24) is 9.88 Å². The minimum Gasteiger partial charge on any atom is -0.486 e. The molecule has 0 fully saturated rings. The summed E-state index contributed by atoms with van der Waals surface area (Å²) >= 11 is 7.52. The van der Waals surface area contributed by atoms with E-state index in [9.17, 15) is 4.79 Å². The lowest BCUT2D eigenvalue weighted by molar-refractivity contribution is -0.134. The minimum atomic E-state index is 0.194. The summed E-state index contributed by atoms with van der Waals surface area (Å²) < 4.78 is 5.74. The van der Waals surface area contributed by atoms with Crippen molar-refractivity contribution in [3.8, 4) is 5.75 Å². The maximum absolute atomic E-state index is 12.6. The van der Waals surface area contributed by atoms with Gasteiger partial charge in [-0.25, -0.2) is 4.98 Å². The molecule has 0 saturated carbocycles. The van der Waals surface area contributed by atoms with E-state index in [0.717, 1.165) is 22.9 Å². The molecular formula is C20H27ClN2O2S. The second kappa shape index (κ2) is 9.93. The number of hydrogen-bond acceptors (Lipinski definition) is 4. The fraction of sp³-hybridized carbons (Fsp3) is 0.500. The summed E-state index contributed by atoms with van der Waals surface area (Å²) in [5, 5.41) is 3.55. The van der Waals surface area contributed by atoms with Crippen molar-refractivity contribution in [1.29, 1.82) is 0 Å². The highest BCUT2D eigenvalue weighted by molar-refractivity contribution is 7.09. The largest absolute Gasteiger partial charge is 0.486 e. The van der Waals surface area contributed by atoms with Crippen LogP contribution in [-0.4, -0.2) is 21.8 Å². The Kier molecular flexibility index (Phi) is 7.91. The van der Waals surface area contributed by atoms with Crippen LogP contribution in [-0.2, 0) is 17.9 Å². The Labute approximate surface area is 165 Å². The molecule has 0 aliphatic heterocycles. The topological polar surface area (TPSA) is 42.4 Å². The number of halogens is 1. The molecule has 6 heteroatoms. The number of carbonyl (C=O) groups excluding carboxylic acids is 1. The molecule has 0 N–H and O–H groups in total. The van der Waals surface area contributed by atoms with Crippen molar-refractivity contribution < 1.29 is 9.53 Å². The summed E-state index contributed by atoms with van der Waals surface area (Å²) in [5.74, 6) is 1.27. The van der Waals surface area contributed by atoms with Crippen LogP contribution in [0, 0.1) is 5.92 Å². The van der Waals surface area contributed by atoms with Gasteiger partial charge in [0.05, 0.1) is 12.2 Å². The average molecular weight is 395 g/mol. The Morgan fingerprint density at radius 2 is 2.12 bits per heavy atom. The van der Waals surface area contributed by atoms with Crippen LogP contribution in [0.1, 0.15) is 51.2 Å². The number of amides is 1. The zero-order valence-electron chi connectivity index (χ0n) is 15.9. The summed E-state index contributed by atoms with van der Waals surface area (Å²) in [6.07, 6.45) is 1.50. The van der Waals surface area contributed by atoms with Crippen molar-refractivity contribution in [2.75, 3.05) is 0 Å². The highest BCUT2D eigenvalue weighted by Gasteiger charge is 2.21. The van der Waals surface area contributed by atoms with Crippen LogP contribution in [0.2, 0.25) is 5.02 Å². The third kappa shape index (κ3) is 6.29. The summed E-state index contributed by atoms with van der Waals surface area (Å²) in [6.45, 7) is 9.28. The average Bonchev–Trinajstić information content (AvgIpc) is 3.04. The number of benzene rings is 1. The Bertz CT molecular complexity index is 717. The molecule has 26 heavy (non-hydrogen) atoms. The highest BCUT2D eigenvalue weighted by Crippen LogP contribution is 2.21. The van der Waals surface area contributed by atoms with Crippen LogP contribution in [0.4, 0.5) is 0 Å². The third-order valence-electron chi connectivity index (χ3n) is 4.12. The highest BCUT2D eigenvalue weighted by atomic mass is 35.5. The fourth-order valence-corrected chi connectivity index (χ4v) is 3.42. The number of thiazole rings is 1. The van der Waals surface area contributed by atoms with Crippen LogP contribution in [0.5, 0.6) is 5.75 Å². The Hall–Kier alpha value is -1.59. The smallest absolute Gasteiger partial charge is 0.223 e. The molecule has 2 rings (SSSR count). The molecular weight excluding hydrogens is 368 g/mol. The standard InChI is InChI=1S/C20H27ClN2O2S/c1-5-15(4)23(20(24)9-14(2)3)11-17-13-26-19(22-17)12-25-18-8-6-7-16(21)10-18/h6-8,10,13-15H,5,9,11-12H2,1-4H3/t15-/m0/s1. The van der Waals surface area contributed by atoms with Crippen molar-refractivity contribution in [3.63, 3.8) is 0 Å². The van der Waals surface area contributed by atoms with E-state index in [1.165, 1.54) is 0 Å². The van der Waals surface area contributed by atoms with Crippen LogP contribution in [0.15, 0.2) is 29.6 Å². The fourth-order valence-electron chi connectivity index (χ4n) is 2.54. The molecule has 2 aromatic rings. The first-order valence-electron chi connectivity index (χ1n) is 9.00. The second-order valence-electron chi connectivity index (χ2n) is 6.86. The van der Waals surface area contributed by atoms with E-state index in [1.807, 2.05) is 28.5 Å². The number of carbonyl (C=O) groups is 1. The van der Waals surface area contributed by atoms with Crippen molar-refractivity contribution >= 4 is 28.8 Å². The lowest BCUT2D eigenvalue weighted by Crippen LogP contribution is -2.38. The number of ether oxygens (including phenoxy) is 1. The maximum Gasteiger partial charge on any atom is 0.223 e. The van der Waals surface area contributed by atoms with Crippen LogP contribution in [0.25, 0.3) is 0 Å². The molecule has 142 valence electrons. The van der Waals surface area contributed by atoms with Gasteiger partial charge in [-0.2, -0.15) is 0 Å². The molecule has 0 aliphatic carbocycles. The van der Waals surface area contributed by atoms with E-state index < -0.39 is 0 Å². The van der Waals surface area contributed by atoms with Gasteiger partial charge in [0.25, 0.3) is 0 Å². The first-order valence-corrected chi connectivity index (χ1v) is 10.3.